The zero-order valence-electron chi connectivity index (χ0n) is 43.0. The van der Waals surface area contributed by atoms with Crippen molar-refractivity contribution in [3.8, 4) is 0 Å². The lowest BCUT2D eigenvalue weighted by Gasteiger charge is -2.40. The summed E-state index contributed by atoms with van der Waals surface area (Å²) in [6, 6.07) is -0.846. The van der Waals surface area contributed by atoms with E-state index in [2.05, 4.69) is 67.8 Å². The molecule has 1 rings (SSSR count). The van der Waals surface area contributed by atoms with Gasteiger partial charge in [-0.25, -0.2) is 0 Å². The number of carbonyl (C=O) groups excluding carboxylic acids is 2. The fourth-order valence-corrected chi connectivity index (χ4v) is 8.21. The Morgan fingerprint density at radius 3 is 1.60 bits per heavy atom. The van der Waals surface area contributed by atoms with Crippen molar-refractivity contribution in [2.45, 2.75) is 269 Å². The van der Waals surface area contributed by atoms with Crippen molar-refractivity contribution >= 4 is 11.9 Å². The van der Waals surface area contributed by atoms with Crippen LogP contribution in [-0.4, -0.2) is 100 Å². The van der Waals surface area contributed by atoms with Crippen LogP contribution in [0.1, 0.15) is 226 Å². The smallest absolute Gasteiger partial charge is 0.305 e. The lowest BCUT2D eigenvalue weighted by molar-refractivity contribution is -0.302. The number of hydrogen-bond acceptors (Lipinski definition) is 10. The highest BCUT2D eigenvalue weighted by atomic mass is 16.7. The molecule has 1 amide bonds. The molecule has 0 aromatic heterocycles. The van der Waals surface area contributed by atoms with E-state index in [1.54, 1.807) is 6.08 Å². The Balaban J connectivity index is 2.13. The Morgan fingerprint density at radius 1 is 0.559 bits per heavy atom. The average Bonchev–Trinajstić information content (AvgIpc) is 3.33. The van der Waals surface area contributed by atoms with E-state index in [-0.39, 0.29) is 18.5 Å². The maximum Gasteiger partial charge on any atom is 0.305 e. The van der Waals surface area contributed by atoms with Gasteiger partial charge in [0.05, 0.1) is 32.0 Å². The van der Waals surface area contributed by atoms with Crippen LogP contribution < -0.4 is 5.32 Å². The molecule has 7 unspecified atom stereocenters. The summed E-state index contributed by atoms with van der Waals surface area (Å²) < 4.78 is 16.6. The topological polar surface area (TPSA) is 175 Å². The van der Waals surface area contributed by atoms with E-state index >= 15 is 0 Å². The summed E-state index contributed by atoms with van der Waals surface area (Å²) in [5.41, 5.74) is 0. The second kappa shape index (κ2) is 46.7. The van der Waals surface area contributed by atoms with E-state index in [1.165, 1.54) is 89.9 Å². The summed E-state index contributed by atoms with van der Waals surface area (Å²) in [7, 11) is 0. The molecule has 0 aromatic rings. The summed E-state index contributed by atoms with van der Waals surface area (Å²) in [4.78, 5) is 25.0. The highest BCUT2D eigenvalue weighted by Crippen LogP contribution is 2.23. The Bertz CT molecular complexity index is 1310. The molecule has 11 nitrogen and oxygen atoms in total. The Hall–Kier alpha value is -2.64. The normalized spacial score (nSPS) is 19.9. The van der Waals surface area contributed by atoms with E-state index in [4.69, 9.17) is 14.2 Å². The predicted octanol–water partition coefficient (Wildman–Crippen LogP) is 11.9. The molecule has 68 heavy (non-hydrogen) atoms. The van der Waals surface area contributed by atoms with Crippen LogP contribution in [0.4, 0.5) is 0 Å². The molecule has 1 heterocycles. The Kier molecular flexibility index (Phi) is 43.5. The number of esters is 1. The molecule has 394 valence electrons. The SMILES string of the molecule is CC/C=C/CC/C=C/CC/C=C/C(O)C(COC1OC(CO)C(O)C(O)C1O)NC(=O)CCCCCCCCC/C=C\C/C=C\CCCCCOC(=O)CCCCCCCCCCCCCCC. The molecule has 0 aromatic carbocycles. The number of aliphatic hydroxyl groups is 5. The van der Waals surface area contributed by atoms with E-state index in [0.717, 1.165) is 103 Å². The van der Waals surface area contributed by atoms with Gasteiger partial charge < -0.3 is 45.1 Å². The minimum Gasteiger partial charge on any atom is -0.466 e. The summed E-state index contributed by atoms with van der Waals surface area (Å²) in [5, 5.41) is 54.1. The van der Waals surface area contributed by atoms with Gasteiger partial charge in [0, 0.05) is 12.8 Å². The molecule has 1 aliphatic rings. The lowest BCUT2D eigenvalue weighted by Crippen LogP contribution is -2.60. The zero-order chi connectivity index (χ0) is 49.6. The molecular weight excluding hydrogens is 859 g/mol. The summed E-state index contributed by atoms with van der Waals surface area (Å²) >= 11 is 0. The monoisotopic (exact) mass is 960 g/mol. The summed E-state index contributed by atoms with van der Waals surface area (Å²) in [6.07, 6.45) is 48.9. The van der Waals surface area contributed by atoms with E-state index < -0.39 is 49.5 Å². The largest absolute Gasteiger partial charge is 0.466 e. The van der Waals surface area contributed by atoms with Crippen molar-refractivity contribution in [3.63, 3.8) is 0 Å². The second-order valence-electron chi connectivity index (χ2n) is 18.9. The van der Waals surface area contributed by atoms with Gasteiger partial charge in [-0.05, 0) is 89.9 Å². The van der Waals surface area contributed by atoms with Gasteiger partial charge in [-0.2, -0.15) is 0 Å². The fourth-order valence-electron chi connectivity index (χ4n) is 8.21. The van der Waals surface area contributed by atoms with Crippen LogP contribution in [0.2, 0.25) is 0 Å². The lowest BCUT2D eigenvalue weighted by atomic mass is 9.99. The number of amides is 1. The quantitative estimate of drug-likeness (QED) is 0.0196. The van der Waals surface area contributed by atoms with E-state index in [1.807, 2.05) is 6.08 Å². The first-order valence-electron chi connectivity index (χ1n) is 27.6. The number of hydrogen-bond donors (Lipinski definition) is 6. The third-order valence-electron chi connectivity index (χ3n) is 12.6. The van der Waals surface area contributed by atoms with Gasteiger partial charge in [0.15, 0.2) is 6.29 Å². The maximum absolute atomic E-state index is 13.0. The number of aliphatic hydroxyl groups excluding tert-OH is 5. The van der Waals surface area contributed by atoms with Gasteiger partial charge in [-0.3, -0.25) is 9.59 Å². The molecule has 0 aliphatic carbocycles. The first kappa shape index (κ1) is 63.4. The van der Waals surface area contributed by atoms with Gasteiger partial charge in [-0.1, -0.05) is 184 Å². The molecule has 11 heteroatoms. The molecule has 7 atom stereocenters. The first-order valence-corrected chi connectivity index (χ1v) is 27.6. The number of nitrogens with one attached hydrogen (secondary N) is 1. The molecule has 6 N–H and O–H groups in total. The predicted molar refractivity (Wildman–Crippen MR) is 278 cm³/mol. The molecule has 0 radical (unpaired) electrons. The van der Waals surface area contributed by atoms with Crippen molar-refractivity contribution in [1.82, 2.24) is 5.32 Å². The summed E-state index contributed by atoms with van der Waals surface area (Å²) in [5.74, 6) is -0.250. The summed E-state index contributed by atoms with van der Waals surface area (Å²) in [6.45, 7) is 4.13. The highest BCUT2D eigenvalue weighted by Gasteiger charge is 2.44. The highest BCUT2D eigenvalue weighted by molar-refractivity contribution is 5.76. The third kappa shape index (κ3) is 36.3. The van der Waals surface area contributed by atoms with Gasteiger partial charge >= 0.3 is 5.97 Å². The Labute approximate surface area is 414 Å². The van der Waals surface area contributed by atoms with E-state index in [0.29, 0.717) is 25.9 Å². The molecule has 0 bridgehead atoms. The number of ether oxygens (including phenoxy) is 3. The van der Waals surface area contributed by atoms with Crippen LogP contribution >= 0.6 is 0 Å². The van der Waals surface area contributed by atoms with Crippen molar-refractivity contribution in [1.29, 1.82) is 0 Å². The standard InChI is InChI=1S/C57H101NO10/c1-3-5-7-9-11-13-15-21-25-29-33-37-41-45-53(62)66-46-42-38-34-30-26-23-20-18-16-17-19-22-24-28-32-36-40-44-52(61)58-49(48-67-57-56(65)55(64)54(63)51(47-59)68-57)50(60)43-39-35-31-27-14-12-10-8-6-4-2/h6,8,14,16,18,23,26-27,39,43,49-51,54-57,59-60,63-65H,3-5,7,9-13,15,17,19-22,24-25,28-38,40-42,44-48H2,1-2H3,(H,58,61)/b8-6+,18-16-,26-23-,27-14+,43-39+. The van der Waals surface area contributed by atoms with Crippen molar-refractivity contribution in [2.75, 3.05) is 19.8 Å². The fraction of sp³-hybridized carbons (Fsp3) is 0.789. The van der Waals surface area contributed by atoms with Gasteiger partial charge in [0.2, 0.25) is 5.91 Å². The third-order valence-corrected chi connectivity index (χ3v) is 12.6. The molecule has 0 spiro atoms. The maximum atomic E-state index is 13.0. The van der Waals surface area contributed by atoms with Gasteiger partial charge in [0.1, 0.15) is 24.4 Å². The number of rotatable bonds is 46. The molecule has 1 aliphatic heterocycles. The average molecular weight is 960 g/mol. The number of allylic oxidation sites excluding steroid dienone is 9. The van der Waals surface area contributed by atoms with Crippen LogP contribution in [0.15, 0.2) is 60.8 Å². The minimum absolute atomic E-state index is 0.0332. The molecule has 1 saturated heterocycles. The molecule has 1 fully saturated rings. The molecular formula is C57H101NO10. The number of unbranched alkanes of at least 4 members (excludes halogenated alkanes) is 24. The second-order valence-corrected chi connectivity index (χ2v) is 18.9. The van der Waals surface area contributed by atoms with Gasteiger partial charge in [-0.15, -0.1) is 0 Å². The van der Waals surface area contributed by atoms with E-state index in [9.17, 15) is 35.1 Å². The molecule has 0 saturated carbocycles. The first-order chi connectivity index (χ1) is 33.2. The van der Waals surface area contributed by atoms with Crippen molar-refractivity contribution in [2.24, 2.45) is 0 Å². The number of carbonyl (C=O) groups is 2. The Morgan fingerprint density at radius 2 is 1.04 bits per heavy atom. The van der Waals surface area contributed by atoms with Gasteiger partial charge in [0.25, 0.3) is 0 Å². The van der Waals surface area contributed by atoms with Crippen LogP contribution in [0.5, 0.6) is 0 Å². The zero-order valence-corrected chi connectivity index (χ0v) is 43.0. The van der Waals surface area contributed by atoms with Crippen LogP contribution in [0.3, 0.4) is 0 Å². The minimum atomic E-state index is -1.59. The van der Waals surface area contributed by atoms with Crippen molar-refractivity contribution < 1.29 is 49.3 Å². The van der Waals surface area contributed by atoms with Crippen LogP contribution in [-0.2, 0) is 23.8 Å². The van der Waals surface area contributed by atoms with Crippen LogP contribution in [0, 0.1) is 0 Å². The van der Waals surface area contributed by atoms with Crippen molar-refractivity contribution in [3.05, 3.63) is 60.8 Å². The van der Waals surface area contributed by atoms with Crippen LogP contribution in [0.25, 0.3) is 0 Å².